The smallest absolute Gasteiger partial charge is 0.292 e. The monoisotopic (exact) mass is 214 g/mol. The minimum absolute atomic E-state index is 0.0582. The van der Waals surface area contributed by atoms with E-state index in [0.29, 0.717) is 17.3 Å². The molecule has 0 fully saturated rings. The van der Waals surface area contributed by atoms with Crippen LogP contribution in [-0.2, 0) is 0 Å². The second-order valence-corrected chi connectivity index (χ2v) is 3.28. The van der Waals surface area contributed by atoms with Gasteiger partial charge in [-0.2, -0.15) is 0 Å². The van der Waals surface area contributed by atoms with Crippen LogP contribution in [0.1, 0.15) is 13.3 Å². The van der Waals surface area contributed by atoms with Gasteiger partial charge in [-0.15, -0.1) is 0 Å². The first-order chi connectivity index (χ1) is 6.65. The number of hydrogen-bond acceptors (Lipinski definition) is 3. The largest absolute Gasteiger partial charge is 0.379 e. The molecule has 5 heteroatoms. The van der Waals surface area contributed by atoms with Gasteiger partial charge in [0.05, 0.1) is 4.92 Å². The van der Waals surface area contributed by atoms with Gasteiger partial charge < -0.3 is 5.32 Å². The standard InChI is InChI=1S/C9H11ClN2O2/c1-2-5-11-8-6-7(10)3-4-9(8)12(13)14/h3-4,6,11H,2,5H2,1H3. The Balaban J connectivity index is 2.97. The van der Waals surface area contributed by atoms with Crippen LogP contribution in [0.4, 0.5) is 11.4 Å². The quantitative estimate of drug-likeness (QED) is 0.619. The molecule has 0 amide bonds. The normalized spacial score (nSPS) is 9.86. The highest BCUT2D eigenvalue weighted by Crippen LogP contribution is 2.27. The fraction of sp³-hybridized carbons (Fsp3) is 0.333. The maximum atomic E-state index is 10.6. The number of benzene rings is 1. The molecule has 1 rings (SSSR count). The van der Waals surface area contributed by atoms with Gasteiger partial charge >= 0.3 is 0 Å². The summed E-state index contributed by atoms with van der Waals surface area (Å²) >= 11 is 5.74. The summed E-state index contributed by atoms with van der Waals surface area (Å²) in [5.41, 5.74) is 0.534. The number of nitrogens with one attached hydrogen (secondary N) is 1. The van der Waals surface area contributed by atoms with Crippen LogP contribution in [0.15, 0.2) is 18.2 Å². The Morgan fingerprint density at radius 3 is 2.86 bits per heavy atom. The molecule has 0 saturated heterocycles. The Morgan fingerprint density at radius 1 is 1.57 bits per heavy atom. The summed E-state index contributed by atoms with van der Waals surface area (Å²) in [5, 5.41) is 14.1. The summed E-state index contributed by atoms with van der Waals surface area (Å²) in [7, 11) is 0. The Kier molecular flexibility index (Phi) is 3.71. The number of nitrogens with zero attached hydrogens (tertiary/aromatic N) is 1. The van der Waals surface area contributed by atoms with Gasteiger partial charge in [0.25, 0.3) is 5.69 Å². The highest BCUT2D eigenvalue weighted by atomic mass is 35.5. The lowest BCUT2D eigenvalue weighted by molar-refractivity contribution is -0.384. The molecule has 0 aliphatic rings. The number of nitro benzene ring substituents is 1. The number of anilines is 1. The molecule has 0 radical (unpaired) electrons. The Bertz CT molecular complexity index is 342. The fourth-order valence-electron chi connectivity index (χ4n) is 1.07. The van der Waals surface area contributed by atoms with Crippen LogP contribution in [0.3, 0.4) is 0 Å². The van der Waals surface area contributed by atoms with Crippen molar-refractivity contribution in [3.05, 3.63) is 33.3 Å². The highest BCUT2D eigenvalue weighted by molar-refractivity contribution is 6.31. The third kappa shape index (κ3) is 2.60. The van der Waals surface area contributed by atoms with E-state index in [0.717, 1.165) is 6.42 Å². The summed E-state index contributed by atoms with van der Waals surface area (Å²) in [6, 6.07) is 4.48. The molecule has 1 aromatic carbocycles. The molecule has 0 aromatic heterocycles. The number of nitro groups is 1. The molecule has 1 aromatic rings. The predicted octanol–water partition coefficient (Wildman–Crippen LogP) is 3.07. The van der Waals surface area contributed by atoms with Gasteiger partial charge in [0.1, 0.15) is 5.69 Å². The van der Waals surface area contributed by atoms with Crippen molar-refractivity contribution in [3.63, 3.8) is 0 Å². The van der Waals surface area contributed by atoms with E-state index >= 15 is 0 Å². The Hall–Kier alpha value is -1.29. The molecule has 0 spiro atoms. The molecule has 0 heterocycles. The minimum atomic E-state index is -0.422. The number of rotatable bonds is 4. The van der Waals surface area contributed by atoms with E-state index in [2.05, 4.69) is 5.32 Å². The average molecular weight is 215 g/mol. The van der Waals surface area contributed by atoms with Gasteiger partial charge in [-0.3, -0.25) is 10.1 Å². The van der Waals surface area contributed by atoms with Crippen LogP contribution in [0.2, 0.25) is 5.02 Å². The van der Waals surface area contributed by atoms with Crippen molar-refractivity contribution in [1.29, 1.82) is 0 Å². The maximum absolute atomic E-state index is 10.6. The van der Waals surface area contributed by atoms with Crippen LogP contribution in [-0.4, -0.2) is 11.5 Å². The van der Waals surface area contributed by atoms with Crippen LogP contribution < -0.4 is 5.32 Å². The highest BCUT2D eigenvalue weighted by Gasteiger charge is 2.12. The minimum Gasteiger partial charge on any atom is -0.379 e. The van der Waals surface area contributed by atoms with Crippen molar-refractivity contribution in [3.8, 4) is 0 Å². The van der Waals surface area contributed by atoms with Crippen molar-refractivity contribution in [2.75, 3.05) is 11.9 Å². The molecule has 0 bridgehead atoms. The second kappa shape index (κ2) is 4.81. The second-order valence-electron chi connectivity index (χ2n) is 2.85. The van der Waals surface area contributed by atoms with Crippen molar-refractivity contribution in [1.82, 2.24) is 0 Å². The first-order valence-electron chi connectivity index (χ1n) is 4.33. The number of halogens is 1. The van der Waals surface area contributed by atoms with E-state index in [1.165, 1.54) is 12.1 Å². The van der Waals surface area contributed by atoms with E-state index in [9.17, 15) is 10.1 Å². The van der Waals surface area contributed by atoms with Crippen molar-refractivity contribution in [2.45, 2.75) is 13.3 Å². The van der Waals surface area contributed by atoms with Crippen LogP contribution in [0, 0.1) is 10.1 Å². The molecule has 0 unspecified atom stereocenters. The van der Waals surface area contributed by atoms with Gasteiger partial charge in [0, 0.05) is 17.6 Å². The van der Waals surface area contributed by atoms with E-state index < -0.39 is 4.92 Å². The zero-order chi connectivity index (χ0) is 10.6. The van der Waals surface area contributed by atoms with E-state index in [1.807, 2.05) is 6.92 Å². The summed E-state index contributed by atoms with van der Waals surface area (Å²) in [5.74, 6) is 0. The summed E-state index contributed by atoms with van der Waals surface area (Å²) in [6.07, 6.45) is 0.906. The molecule has 0 atom stereocenters. The summed E-state index contributed by atoms with van der Waals surface area (Å²) in [4.78, 5) is 10.2. The van der Waals surface area contributed by atoms with Gasteiger partial charge in [-0.1, -0.05) is 18.5 Å². The Morgan fingerprint density at radius 2 is 2.29 bits per heavy atom. The van der Waals surface area contributed by atoms with Crippen molar-refractivity contribution < 1.29 is 4.92 Å². The lowest BCUT2D eigenvalue weighted by Gasteiger charge is -2.05. The molecule has 0 aliphatic heterocycles. The van der Waals surface area contributed by atoms with Gasteiger partial charge in [-0.25, -0.2) is 0 Å². The van der Waals surface area contributed by atoms with Crippen LogP contribution in [0.25, 0.3) is 0 Å². The maximum Gasteiger partial charge on any atom is 0.292 e. The molecule has 4 nitrogen and oxygen atoms in total. The summed E-state index contributed by atoms with van der Waals surface area (Å²) < 4.78 is 0. The Labute approximate surface area is 87.0 Å². The van der Waals surface area contributed by atoms with Crippen molar-refractivity contribution >= 4 is 23.0 Å². The van der Waals surface area contributed by atoms with Gasteiger partial charge in [0.2, 0.25) is 0 Å². The van der Waals surface area contributed by atoms with E-state index in [4.69, 9.17) is 11.6 Å². The molecular weight excluding hydrogens is 204 g/mol. The summed E-state index contributed by atoms with van der Waals surface area (Å²) in [6.45, 7) is 2.69. The third-order valence-electron chi connectivity index (χ3n) is 1.72. The average Bonchev–Trinajstić information content (AvgIpc) is 2.14. The molecular formula is C9H11ClN2O2. The topological polar surface area (TPSA) is 55.2 Å². The van der Waals surface area contributed by atoms with E-state index in [1.54, 1.807) is 6.07 Å². The predicted molar refractivity (Wildman–Crippen MR) is 56.9 cm³/mol. The molecule has 0 aliphatic carbocycles. The molecule has 76 valence electrons. The lowest BCUT2D eigenvalue weighted by Crippen LogP contribution is -2.02. The lowest BCUT2D eigenvalue weighted by atomic mass is 10.2. The zero-order valence-corrected chi connectivity index (χ0v) is 8.54. The third-order valence-corrected chi connectivity index (χ3v) is 1.96. The molecule has 0 saturated carbocycles. The first-order valence-corrected chi connectivity index (χ1v) is 4.70. The fourth-order valence-corrected chi connectivity index (χ4v) is 1.24. The molecule has 14 heavy (non-hydrogen) atoms. The number of hydrogen-bond donors (Lipinski definition) is 1. The SMILES string of the molecule is CCCNc1cc(Cl)ccc1[N+](=O)[O-]. The first kappa shape index (κ1) is 10.8. The molecule has 1 N–H and O–H groups in total. The van der Waals surface area contributed by atoms with Crippen LogP contribution in [0.5, 0.6) is 0 Å². The van der Waals surface area contributed by atoms with Gasteiger partial charge in [0.15, 0.2) is 0 Å². The zero-order valence-electron chi connectivity index (χ0n) is 7.79. The van der Waals surface area contributed by atoms with Crippen LogP contribution >= 0.6 is 11.6 Å². The van der Waals surface area contributed by atoms with E-state index in [-0.39, 0.29) is 5.69 Å². The van der Waals surface area contributed by atoms with Crippen molar-refractivity contribution in [2.24, 2.45) is 0 Å². The van der Waals surface area contributed by atoms with Gasteiger partial charge in [-0.05, 0) is 18.6 Å².